The Kier molecular flexibility index (Phi) is 7.50. The van der Waals surface area contributed by atoms with Crippen LogP contribution in [0.4, 0.5) is 0 Å². The third-order valence-corrected chi connectivity index (χ3v) is 6.11. The van der Waals surface area contributed by atoms with Crippen molar-refractivity contribution in [1.29, 1.82) is 0 Å². The van der Waals surface area contributed by atoms with E-state index in [9.17, 15) is 0 Å². The first kappa shape index (κ1) is 22.0. The third-order valence-electron chi connectivity index (χ3n) is 6.11. The number of ether oxygens (including phenoxy) is 1. The zero-order valence-electron chi connectivity index (χ0n) is 18.7. The molecule has 4 aromatic rings. The standard InChI is InChI=1S/C30H31NO/c1-32-30(28-18-10-4-11-19-28,29-20-12-5-13-21-29)22-23-31(24-26-14-6-2-7-15-26)25-27-16-8-3-9-17-27/h2-21H,22-25H2,1H3. The molecule has 0 spiro atoms. The molecule has 0 aliphatic carbocycles. The van der Waals surface area contributed by atoms with Crippen LogP contribution in [0.2, 0.25) is 0 Å². The molecule has 0 unspecified atom stereocenters. The Morgan fingerprint density at radius 3 is 1.31 bits per heavy atom. The van der Waals surface area contributed by atoms with E-state index in [0.29, 0.717) is 0 Å². The lowest BCUT2D eigenvalue weighted by molar-refractivity contribution is 0.00485. The van der Waals surface area contributed by atoms with E-state index in [2.05, 4.69) is 126 Å². The molecule has 0 aliphatic rings. The Labute approximate surface area is 192 Å². The van der Waals surface area contributed by atoms with Crippen LogP contribution in [0.1, 0.15) is 28.7 Å². The van der Waals surface area contributed by atoms with E-state index >= 15 is 0 Å². The largest absolute Gasteiger partial charge is 0.369 e. The summed E-state index contributed by atoms with van der Waals surface area (Å²) in [5, 5.41) is 0. The van der Waals surface area contributed by atoms with E-state index in [-0.39, 0.29) is 0 Å². The first-order chi connectivity index (χ1) is 15.8. The van der Waals surface area contributed by atoms with Gasteiger partial charge in [-0.1, -0.05) is 121 Å². The summed E-state index contributed by atoms with van der Waals surface area (Å²) in [4.78, 5) is 2.52. The fourth-order valence-electron chi connectivity index (χ4n) is 4.42. The summed E-state index contributed by atoms with van der Waals surface area (Å²) in [5.74, 6) is 0. The molecule has 0 saturated heterocycles. The molecule has 0 aliphatic heterocycles. The number of hydrogen-bond donors (Lipinski definition) is 0. The molecule has 2 heteroatoms. The Morgan fingerprint density at radius 1 is 0.562 bits per heavy atom. The van der Waals surface area contributed by atoms with Gasteiger partial charge in [-0.15, -0.1) is 0 Å². The zero-order valence-corrected chi connectivity index (χ0v) is 18.7. The highest BCUT2D eigenvalue weighted by Gasteiger charge is 2.34. The van der Waals surface area contributed by atoms with Crippen molar-refractivity contribution >= 4 is 0 Å². The molecule has 0 bridgehead atoms. The molecular weight excluding hydrogens is 390 g/mol. The second-order valence-electron chi connectivity index (χ2n) is 8.20. The summed E-state index contributed by atoms with van der Waals surface area (Å²) in [6.45, 7) is 2.71. The minimum atomic E-state index is -0.492. The third kappa shape index (κ3) is 5.34. The van der Waals surface area contributed by atoms with E-state index in [1.165, 1.54) is 22.3 Å². The monoisotopic (exact) mass is 421 g/mol. The summed E-state index contributed by atoms with van der Waals surface area (Å²) in [6.07, 6.45) is 0.858. The Morgan fingerprint density at radius 2 is 0.938 bits per heavy atom. The van der Waals surface area contributed by atoms with Crippen molar-refractivity contribution in [3.05, 3.63) is 144 Å². The average Bonchev–Trinajstić information content (AvgIpc) is 2.87. The van der Waals surface area contributed by atoms with Gasteiger partial charge in [-0.3, -0.25) is 4.90 Å². The minimum absolute atomic E-state index is 0.492. The fraction of sp³-hybridized carbons (Fsp3) is 0.200. The molecule has 0 radical (unpaired) electrons. The lowest BCUT2D eigenvalue weighted by Crippen LogP contribution is -2.35. The molecule has 0 aromatic heterocycles. The van der Waals surface area contributed by atoms with E-state index in [1.807, 2.05) is 7.11 Å². The van der Waals surface area contributed by atoms with Gasteiger partial charge in [0.05, 0.1) is 0 Å². The summed E-state index contributed by atoms with van der Waals surface area (Å²) < 4.78 is 6.33. The fourth-order valence-corrected chi connectivity index (χ4v) is 4.42. The highest BCUT2D eigenvalue weighted by Crippen LogP contribution is 2.37. The summed E-state index contributed by atoms with van der Waals surface area (Å²) in [7, 11) is 1.83. The van der Waals surface area contributed by atoms with Crippen molar-refractivity contribution in [3.8, 4) is 0 Å². The molecule has 0 heterocycles. The van der Waals surface area contributed by atoms with E-state index < -0.39 is 5.60 Å². The highest BCUT2D eigenvalue weighted by atomic mass is 16.5. The van der Waals surface area contributed by atoms with Gasteiger partial charge in [0.2, 0.25) is 0 Å². The Balaban J connectivity index is 1.63. The second kappa shape index (κ2) is 10.9. The van der Waals surface area contributed by atoms with Crippen molar-refractivity contribution < 1.29 is 4.74 Å². The maximum Gasteiger partial charge on any atom is 0.119 e. The molecule has 0 fully saturated rings. The van der Waals surface area contributed by atoms with Crippen LogP contribution in [-0.2, 0) is 23.4 Å². The van der Waals surface area contributed by atoms with E-state index in [4.69, 9.17) is 4.74 Å². The molecule has 32 heavy (non-hydrogen) atoms. The smallest absolute Gasteiger partial charge is 0.119 e. The topological polar surface area (TPSA) is 12.5 Å². The normalized spacial score (nSPS) is 11.6. The van der Waals surface area contributed by atoms with Crippen molar-refractivity contribution in [2.45, 2.75) is 25.1 Å². The molecule has 0 N–H and O–H groups in total. The van der Waals surface area contributed by atoms with Gasteiger partial charge in [0.15, 0.2) is 0 Å². The van der Waals surface area contributed by atoms with Crippen molar-refractivity contribution in [2.75, 3.05) is 13.7 Å². The van der Waals surface area contributed by atoms with Crippen LogP contribution in [0.3, 0.4) is 0 Å². The Bertz CT molecular complexity index is 968. The number of hydrogen-bond acceptors (Lipinski definition) is 2. The summed E-state index contributed by atoms with van der Waals surface area (Å²) >= 11 is 0. The molecule has 4 aromatic carbocycles. The number of methoxy groups -OCH3 is 1. The number of nitrogens with zero attached hydrogens (tertiary/aromatic N) is 1. The second-order valence-corrected chi connectivity index (χ2v) is 8.20. The predicted molar refractivity (Wildman–Crippen MR) is 132 cm³/mol. The molecule has 0 amide bonds. The molecule has 162 valence electrons. The van der Waals surface area contributed by atoms with Crippen molar-refractivity contribution in [2.24, 2.45) is 0 Å². The average molecular weight is 422 g/mol. The van der Waals surface area contributed by atoms with Crippen molar-refractivity contribution in [3.63, 3.8) is 0 Å². The van der Waals surface area contributed by atoms with Gasteiger partial charge in [-0.2, -0.15) is 0 Å². The quantitative estimate of drug-likeness (QED) is 0.283. The van der Waals surface area contributed by atoms with Gasteiger partial charge in [-0.25, -0.2) is 0 Å². The van der Waals surface area contributed by atoms with Crippen LogP contribution in [-0.4, -0.2) is 18.6 Å². The summed E-state index contributed by atoms with van der Waals surface area (Å²) in [5.41, 5.74) is 4.53. The zero-order chi connectivity index (χ0) is 22.1. The van der Waals surface area contributed by atoms with E-state index in [1.54, 1.807) is 0 Å². The van der Waals surface area contributed by atoms with Gasteiger partial charge in [0.1, 0.15) is 5.60 Å². The lowest BCUT2D eigenvalue weighted by Gasteiger charge is -2.36. The number of rotatable bonds is 10. The molecule has 0 atom stereocenters. The Hall–Kier alpha value is -3.20. The molecular formula is C30H31NO. The van der Waals surface area contributed by atoms with Crippen molar-refractivity contribution in [1.82, 2.24) is 4.90 Å². The first-order valence-corrected chi connectivity index (χ1v) is 11.3. The molecule has 2 nitrogen and oxygen atoms in total. The van der Waals surface area contributed by atoms with Crippen LogP contribution in [0.15, 0.2) is 121 Å². The first-order valence-electron chi connectivity index (χ1n) is 11.3. The predicted octanol–water partition coefficient (Wildman–Crippen LogP) is 6.67. The van der Waals surface area contributed by atoms with Crippen LogP contribution in [0, 0.1) is 0 Å². The summed E-state index contributed by atoms with van der Waals surface area (Å²) in [6, 6.07) is 42.6. The maximum atomic E-state index is 6.33. The SMILES string of the molecule is COC(CCN(Cc1ccccc1)Cc1ccccc1)(c1ccccc1)c1ccccc1. The van der Waals surface area contributed by atoms with Crippen LogP contribution in [0.25, 0.3) is 0 Å². The van der Waals surface area contributed by atoms with Crippen LogP contribution < -0.4 is 0 Å². The highest BCUT2D eigenvalue weighted by molar-refractivity contribution is 5.36. The van der Waals surface area contributed by atoms with Gasteiger partial charge < -0.3 is 4.74 Å². The van der Waals surface area contributed by atoms with Gasteiger partial charge in [0, 0.05) is 26.7 Å². The maximum absolute atomic E-state index is 6.33. The van der Waals surface area contributed by atoms with Crippen LogP contribution in [0.5, 0.6) is 0 Å². The molecule has 4 rings (SSSR count). The van der Waals surface area contributed by atoms with Crippen LogP contribution >= 0.6 is 0 Å². The van der Waals surface area contributed by atoms with E-state index in [0.717, 1.165) is 26.1 Å². The van der Waals surface area contributed by atoms with Gasteiger partial charge in [-0.05, 0) is 28.7 Å². The lowest BCUT2D eigenvalue weighted by atomic mass is 9.83. The molecule has 0 saturated carbocycles. The minimum Gasteiger partial charge on any atom is -0.369 e. The number of benzene rings is 4. The van der Waals surface area contributed by atoms with Gasteiger partial charge in [0.25, 0.3) is 0 Å². The van der Waals surface area contributed by atoms with Gasteiger partial charge >= 0.3 is 0 Å².